The second kappa shape index (κ2) is 7.32. The van der Waals surface area contributed by atoms with Crippen molar-refractivity contribution in [3.8, 4) is 11.5 Å². The van der Waals surface area contributed by atoms with Crippen molar-refractivity contribution in [3.63, 3.8) is 0 Å². The fourth-order valence-corrected chi connectivity index (χ4v) is 3.66. The molecular formula is C16H24BrNO2. The number of rotatable bonds is 5. The molecule has 112 valence electrons. The van der Waals surface area contributed by atoms with Gasteiger partial charge in [0.05, 0.1) is 14.2 Å². The highest BCUT2D eigenvalue weighted by Crippen LogP contribution is 2.40. The predicted molar refractivity (Wildman–Crippen MR) is 85.9 cm³/mol. The molecule has 0 bridgehead atoms. The Hall–Kier alpha value is -0.740. The number of hydrogen-bond acceptors (Lipinski definition) is 3. The van der Waals surface area contributed by atoms with E-state index in [0.29, 0.717) is 5.92 Å². The number of methoxy groups -OCH3 is 2. The molecule has 4 heteroatoms. The van der Waals surface area contributed by atoms with Crippen LogP contribution in [0, 0.1) is 5.92 Å². The second-order valence-electron chi connectivity index (χ2n) is 5.32. The lowest BCUT2D eigenvalue weighted by Gasteiger charge is -2.25. The Kier molecular flexibility index (Phi) is 5.73. The van der Waals surface area contributed by atoms with Crippen molar-refractivity contribution in [1.82, 2.24) is 5.32 Å². The van der Waals surface area contributed by atoms with Crippen LogP contribution >= 0.6 is 15.9 Å². The standard InChI is InChI=1S/C16H24BrNO2/c1-4-12-13(8-11-6-5-7-18-10-11)14(17)9-15(19-2)16(12)20-3/h9,11,18H,4-8,10H2,1-3H3. The zero-order valence-electron chi connectivity index (χ0n) is 12.6. The molecule has 1 N–H and O–H groups in total. The molecule has 0 spiro atoms. The van der Waals surface area contributed by atoms with E-state index in [4.69, 9.17) is 9.47 Å². The predicted octanol–water partition coefficient (Wildman–Crippen LogP) is 3.57. The molecule has 1 aliphatic heterocycles. The summed E-state index contributed by atoms with van der Waals surface area (Å²) < 4.78 is 12.2. The molecule has 2 rings (SSSR count). The van der Waals surface area contributed by atoms with Crippen molar-refractivity contribution in [2.45, 2.75) is 32.6 Å². The number of hydrogen-bond donors (Lipinski definition) is 1. The van der Waals surface area contributed by atoms with Gasteiger partial charge in [-0.15, -0.1) is 0 Å². The van der Waals surface area contributed by atoms with Crippen molar-refractivity contribution in [3.05, 3.63) is 21.7 Å². The normalized spacial score (nSPS) is 18.9. The molecule has 1 fully saturated rings. The third-order valence-electron chi connectivity index (χ3n) is 4.08. The molecule has 0 radical (unpaired) electrons. The fourth-order valence-electron chi connectivity index (χ4n) is 3.05. The van der Waals surface area contributed by atoms with E-state index in [9.17, 15) is 0 Å². The third-order valence-corrected chi connectivity index (χ3v) is 4.79. The molecule has 20 heavy (non-hydrogen) atoms. The van der Waals surface area contributed by atoms with E-state index in [1.54, 1.807) is 14.2 Å². The number of halogens is 1. The van der Waals surface area contributed by atoms with E-state index in [1.165, 1.54) is 24.0 Å². The molecule has 0 aliphatic carbocycles. The Bertz CT molecular complexity index is 456. The Labute approximate surface area is 130 Å². The van der Waals surface area contributed by atoms with Gasteiger partial charge in [-0.1, -0.05) is 22.9 Å². The van der Waals surface area contributed by atoms with Gasteiger partial charge < -0.3 is 14.8 Å². The van der Waals surface area contributed by atoms with E-state index in [-0.39, 0.29) is 0 Å². The first-order valence-electron chi connectivity index (χ1n) is 7.34. The van der Waals surface area contributed by atoms with Gasteiger partial charge in [0.1, 0.15) is 0 Å². The summed E-state index contributed by atoms with van der Waals surface area (Å²) in [6, 6.07) is 2.03. The SMILES string of the molecule is CCc1c(CC2CCCNC2)c(Br)cc(OC)c1OC. The zero-order chi connectivity index (χ0) is 14.5. The zero-order valence-corrected chi connectivity index (χ0v) is 14.2. The summed E-state index contributed by atoms with van der Waals surface area (Å²) in [7, 11) is 3.41. The van der Waals surface area contributed by atoms with Gasteiger partial charge in [-0.25, -0.2) is 0 Å². The van der Waals surface area contributed by atoms with Gasteiger partial charge in [-0.05, 0) is 56.3 Å². The Balaban J connectivity index is 2.35. The maximum Gasteiger partial charge on any atom is 0.164 e. The van der Waals surface area contributed by atoms with Gasteiger partial charge in [-0.3, -0.25) is 0 Å². The average molecular weight is 342 g/mol. The summed E-state index contributed by atoms with van der Waals surface area (Å²) in [5.74, 6) is 2.40. The third kappa shape index (κ3) is 3.29. The maximum atomic E-state index is 5.58. The molecule has 3 nitrogen and oxygen atoms in total. The van der Waals surface area contributed by atoms with Crippen LogP contribution in [0.2, 0.25) is 0 Å². The number of ether oxygens (including phenoxy) is 2. The van der Waals surface area contributed by atoms with Gasteiger partial charge in [0.15, 0.2) is 11.5 Å². The molecule has 0 amide bonds. The molecule has 1 heterocycles. The van der Waals surface area contributed by atoms with Gasteiger partial charge in [0.2, 0.25) is 0 Å². The lowest BCUT2D eigenvalue weighted by Crippen LogP contribution is -2.31. The van der Waals surface area contributed by atoms with Crippen LogP contribution in [0.15, 0.2) is 10.5 Å². The summed E-state index contributed by atoms with van der Waals surface area (Å²) in [5.41, 5.74) is 2.64. The summed E-state index contributed by atoms with van der Waals surface area (Å²) in [5, 5.41) is 3.49. The Morgan fingerprint density at radius 1 is 1.30 bits per heavy atom. The maximum absolute atomic E-state index is 5.58. The first kappa shape index (κ1) is 15.6. The summed E-state index contributed by atoms with van der Waals surface area (Å²) in [6.45, 7) is 4.44. The first-order chi connectivity index (χ1) is 9.71. The van der Waals surface area contributed by atoms with Gasteiger partial charge in [-0.2, -0.15) is 0 Å². The summed E-state index contributed by atoms with van der Waals surface area (Å²) >= 11 is 3.71. The van der Waals surface area contributed by atoms with Crippen LogP contribution in [0.3, 0.4) is 0 Å². The van der Waals surface area contributed by atoms with E-state index >= 15 is 0 Å². The first-order valence-corrected chi connectivity index (χ1v) is 8.13. The van der Waals surface area contributed by atoms with Gasteiger partial charge in [0.25, 0.3) is 0 Å². The molecule has 0 aromatic heterocycles. The van der Waals surface area contributed by atoms with Crippen molar-refractivity contribution < 1.29 is 9.47 Å². The highest BCUT2D eigenvalue weighted by atomic mass is 79.9. The number of piperidine rings is 1. The van der Waals surface area contributed by atoms with Crippen LogP contribution in [-0.2, 0) is 12.8 Å². The minimum atomic E-state index is 0.712. The molecule has 1 atom stereocenters. The van der Waals surface area contributed by atoms with Crippen LogP contribution in [0.5, 0.6) is 11.5 Å². The molecule has 1 aliphatic rings. The van der Waals surface area contributed by atoms with Crippen molar-refractivity contribution in [1.29, 1.82) is 0 Å². The number of benzene rings is 1. The topological polar surface area (TPSA) is 30.5 Å². The Morgan fingerprint density at radius 2 is 2.10 bits per heavy atom. The highest BCUT2D eigenvalue weighted by molar-refractivity contribution is 9.10. The van der Waals surface area contributed by atoms with Crippen molar-refractivity contribution >= 4 is 15.9 Å². The second-order valence-corrected chi connectivity index (χ2v) is 6.18. The van der Waals surface area contributed by atoms with Crippen LogP contribution < -0.4 is 14.8 Å². The van der Waals surface area contributed by atoms with E-state index in [2.05, 4.69) is 28.2 Å². The van der Waals surface area contributed by atoms with Crippen LogP contribution in [0.1, 0.15) is 30.9 Å². The fraction of sp³-hybridized carbons (Fsp3) is 0.625. The molecule has 0 saturated carbocycles. The van der Waals surface area contributed by atoms with Crippen LogP contribution in [-0.4, -0.2) is 27.3 Å². The largest absolute Gasteiger partial charge is 0.493 e. The molecule has 1 unspecified atom stereocenters. The lowest BCUT2D eigenvalue weighted by molar-refractivity contribution is 0.348. The minimum absolute atomic E-state index is 0.712. The van der Waals surface area contributed by atoms with Crippen LogP contribution in [0.25, 0.3) is 0 Å². The number of nitrogens with one attached hydrogen (secondary N) is 1. The van der Waals surface area contributed by atoms with E-state index in [1.807, 2.05) is 6.07 Å². The highest BCUT2D eigenvalue weighted by Gasteiger charge is 2.21. The van der Waals surface area contributed by atoms with E-state index in [0.717, 1.165) is 41.9 Å². The molecular weight excluding hydrogens is 318 g/mol. The minimum Gasteiger partial charge on any atom is -0.493 e. The van der Waals surface area contributed by atoms with Crippen molar-refractivity contribution in [2.75, 3.05) is 27.3 Å². The monoisotopic (exact) mass is 341 g/mol. The quantitative estimate of drug-likeness (QED) is 0.887. The molecule has 1 saturated heterocycles. The average Bonchev–Trinajstić information content (AvgIpc) is 2.49. The Morgan fingerprint density at radius 3 is 2.65 bits per heavy atom. The van der Waals surface area contributed by atoms with Gasteiger partial charge >= 0.3 is 0 Å². The van der Waals surface area contributed by atoms with Crippen LogP contribution in [0.4, 0.5) is 0 Å². The molecule has 1 aromatic rings. The van der Waals surface area contributed by atoms with Crippen molar-refractivity contribution in [2.24, 2.45) is 5.92 Å². The molecule has 1 aromatic carbocycles. The lowest BCUT2D eigenvalue weighted by atomic mass is 9.89. The van der Waals surface area contributed by atoms with Gasteiger partial charge in [0, 0.05) is 10.0 Å². The summed E-state index contributed by atoms with van der Waals surface area (Å²) in [4.78, 5) is 0. The summed E-state index contributed by atoms with van der Waals surface area (Å²) in [6.07, 6.45) is 4.62. The van der Waals surface area contributed by atoms with E-state index < -0.39 is 0 Å². The smallest absolute Gasteiger partial charge is 0.164 e.